The molecular weight excluding hydrogens is 340 g/mol. The first-order chi connectivity index (χ1) is 13.0. The van der Waals surface area contributed by atoms with Crippen LogP contribution in [0.25, 0.3) is 0 Å². The summed E-state index contributed by atoms with van der Waals surface area (Å²) in [6.07, 6.45) is 6.95. The largest absolute Gasteiger partial charge is 0.363 e. The van der Waals surface area contributed by atoms with Crippen molar-refractivity contribution < 1.29 is 4.79 Å². The maximum Gasteiger partial charge on any atom is 0.286 e. The fourth-order valence-corrected chi connectivity index (χ4v) is 3.62. The van der Waals surface area contributed by atoms with Gasteiger partial charge in [-0.05, 0) is 38.3 Å². The Morgan fingerprint density at radius 2 is 2.22 bits per heavy atom. The molecule has 0 aromatic carbocycles. The fraction of sp³-hybridized carbons (Fsp3) is 0.500. The van der Waals surface area contributed by atoms with E-state index in [-0.39, 0.29) is 5.82 Å². The maximum absolute atomic E-state index is 11.5. The Bertz CT molecular complexity index is 795. The number of carbonyl (C=O) groups excluding carboxylic acids is 1. The topological polar surface area (TPSA) is 97.0 Å². The van der Waals surface area contributed by atoms with Crippen LogP contribution in [0.2, 0.25) is 0 Å². The lowest BCUT2D eigenvalue weighted by atomic mass is 10.0. The number of aromatic nitrogens is 3. The lowest BCUT2D eigenvalue weighted by Crippen LogP contribution is -2.36. The molecule has 0 bridgehead atoms. The van der Waals surface area contributed by atoms with Crippen LogP contribution < -0.4 is 16.0 Å². The first-order valence-electron chi connectivity index (χ1n) is 9.55. The quantitative estimate of drug-likeness (QED) is 0.778. The summed E-state index contributed by atoms with van der Waals surface area (Å²) in [5.41, 5.74) is 8.41. The lowest BCUT2D eigenvalue weighted by molar-refractivity contribution is 0.0990. The van der Waals surface area contributed by atoms with Crippen LogP contribution in [0.4, 0.5) is 5.82 Å². The number of pyridine rings is 1. The molecule has 1 aliphatic heterocycles. The van der Waals surface area contributed by atoms with Gasteiger partial charge in [-0.2, -0.15) is 0 Å². The molecule has 0 radical (unpaired) electrons. The van der Waals surface area contributed by atoms with E-state index in [1.54, 1.807) is 6.20 Å². The van der Waals surface area contributed by atoms with Gasteiger partial charge < -0.3 is 16.0 Å². The standard InChI is InChI=1S/C20H28N6O/c1-4-6-17(15-7-5-9-22-11-15)24-16-8-10-26(12-16)20-13(2)14(3)23-19(25-20)18(21)27/h5,7,9,11,16-17,24H,4,6,8,10,12H2,1-3H3,(H2,21,27)/t16-,17?/m1/s1. The minimum Gasteiger partial charge on any atom is -0.363 e. The number of aryl methyl sites for hydroxylation is 1. The highest BCUT2D eigenvalue weighted by atomic mass is 16.1. The normalized spacial score (nSPS) is 17.9. The molecule has 0 saturated carbocycles. The van der Waals surface area contributed by atoms with Gasteiger partial charge in [0.15, 0.2) is 0 Å². The lowest BCUT2D eigenvalue weighted by Gasteiger charge is -2.24. The van der Waals surface area contributed by atoms with E-state index in [0.717, 1.165) is 49.4 Å². The van der Waals surface area contributed by atoms with Crippen molar-refractivity contribution in [2.24, 2.45) is 5.73 Å². The van der Waals surface area contributed by atoms with Crippen molar-refractivity contribution in [1.82, 2.24) is 20.3 Å². The highest BCUT2D eigenvalue weighted by Gasteiger charge is 2.28. The fourth-order valence-electron chi connectivity index (χ4n) is 3.62. The molecule has 1 saturated heterocycles. The first kappa shape index (κ1) is 19.2. The number of amides is 1. The molecule has 0 aliphatic carbocycles. The maximum atomic E-state index is 11.5. The summed E-state index contributed by atoms with van der Waals surface area (Å²) in [4.78, 5) is 26.6. The summed E-state index contributed by atoms with van der Waals surface area (Å²) < 4.78 is 0. The van der Waals surface area contributed by atoms with Crippen LogP contribution in [-0.4, -0.2) is 40.0 Å². The Kier molecular flexibility index (Phi) is 6.01. The highest BCUT2D eigenvalue weighted by Crippen LogP contribution is 2.26. The molecule has 144 valence electrons. The molecule has 1 aliphatic rings. The van der Waals surface area contributed by atoms with E-state index in [1.807, 2.05) is 26.1 Å². The van der Waals surface area contributed by atoms with Gasteiger partial charge in [-0.15, -0.1) is 0 Å². The number of nitrogens with one attached hydrogen (secondary N) is 1. The van der Waals surface area contributed by atoms with Gasteiger partial charge in [-0.1, -0.05) is 19.4 Å². The number of hydrogen-bond donors (Lipinski definition) is 2. The average Bonchev–Trinajstić information content (AvgIpc) is 3.12. The molecule has 2 aromatic heterocycles. The van der Waals surface area contributed by atoms with Crippen LogP contribution in [0.1, 0.15) is 59.7 Å². The molecular formula is C20H28N6O. The summed E-state index contributed by atoms with van der Waals surface area (Å²) in [6, 6.07) is 4.76. The van der Waals surface area contributed by atoms with Crippen molar-refractivity contribution in [3.63, 3.8) is 0 Å². The highest BCUT2D eigenvalue weighted by molar-refractivity contribution is 5.89. The minimum absolute atomic E-state index is 0.0868. The molecule has 7 nitrogen and oxygen atoms in total. The van der Waals surface area contributed by atoms with Crippen molar-refractivity contribution in [3.05, 3.63) is 47.2 Å². The summed E-state index contributed by atoms with van der Waals surface area (Å²) in [5, 5.41) is 3.79. The van der Waals surface area contributed by atoms with Crippen molar-refractivity contribution in [1.29, 1.82) is 0 Å². The minimum atomic E-state index is -0.590. The van der Waals surface area contributed by atoms with Gasteiger partial charge in [-0.25, -0.2) is 9.97 Å². The van der Waals surface area contributed by atoms with Crippen LogP contribution in [0.15, 0.2) is 24.5 Å². The summed E-state index contributed by atoms with van der Waals surface area (Å²) in [6.45, 7) is 7.81. The predicted octanol–water partition coefficient (Wildman–Crippen LogP) is 2.30. The van der Waals surface area contributed by atoms with Gasteiger partial charge in [0.2, 0.25) is 5.82 Å². The third kappa shape index (κ3) is 4.42. The molecule has 1 unspecified atom stereocenters. The van der Waals surface area contributed by atoms with Crippen molar-refractivity contribution in [2.45, 2.75) is 52.1 Å². The monoisotopic (exact) mass is 368 g/mol. The molecule has 27 heavy (non-hydrogen) atoms. The molecule has 0 spiro atoms. The van der Waals surface area contributed by atoms with Gasteiger partial charge in [0.25, 0.3) is 5.91 Å². The number of hydrogen-bond acceptors (Lipinski definition) is 6. The van der Waals surface area contributed by atoms with Crippen LogP contribution in [0.3, 0.4) is 0 Å². The molecule has 1 fully saturated rings. The van der Waals surface area contributed by atoms with Crippen molar-refractivity contribution in [3.8, 4) is 0 Å². The molecule has 3 rings (SSSR count). The first-order valence-corrected chi connectivity index (χ1v) is 9.55. The molecule has 2 aromatic rings. The van der Waals surface area contributed by atoms with Gasteiger partial charge in [-0.3, -0.25) is 9.78 Å². The Morgan fingerprint density at radius 1 is 1.41 bits per heavy atom. The van der Waals surface area contributed by atoms with E-state index in [4.69, 9.17) is 5.73 Å². The summed E-state index contributed by atoms with van der Waals surface area (Å²) >= 11 is 0. The number of primary amides is 1. The Labute approximate surface area is 160 Å². The summed E-state index contributed by atoms with van der Waals surface area (Å²) in [7, 11) is 0. The second-order valence-electron chi connectivity index (χ2n) is 7.17. The Morgan fingerprint density at radius 3 is 2.89 bits per heavy atom. The average molecular weight is 368 g/mol. The third-order valence-electron chi connectivity index (χ3n) is 5.17. The van der Waals surface area contributed by atoms with Crippen molar-refractivity contribution >= 4 is 11.7 Å². The number of nitrogens with two attached hydrogens (primary N) is 1. The zero-order valence-electron chi connectivity index (χ0n) is 16.3. The predicted molar refractivity (Wildman–Crippen MR) is 106 cm³/mol. The second-order valence-corrected chi connectivity index (χ2v) is 7.17. The number of carbonyl (C=O) groups is 1. The Balaban J connectivity index is 1.74. The molecule has 3 heterocycles. The van der Waals surface area contributed by atoms with Gasteiger partial charge >= 0.3 is 0 Å². The van der Waals surface area contributed by atoms with E-state index in [2.05, 4.69) is 38.2 Å². The van der Waals surface area contributed by atoms with Gasteiger partial charge in [0.1, 0.15) is 5.82 Å². The van der Waals surface area contributed by atoms with Crippen LogP contribution in [0.5, 0.6) is 0 Å². The number of anilines is 1. The number of rotatable bonds is 7. The van der Waals surface area contributed by atoms with E-state index in [0.29, 0.717) is 12.1 Å². The van der Waals surface area contributed by atoms with Crippen LogP contribution in [-0.2, 0) is 0 Å². The second kappa shape index (κ2) is 8.43. The molecule has 2 atom stereocenters. The smallest absolute Gasteiger partial charge is 0.286 e. The van der Waals surface area contributed by atoms with Crippen LogP contribution in [0, 0.1) is 13.8 Å². The zero-order chi connectivity index (χ0) is 19.4. The molecule has 1 amide bonds. The zero-order valence-corrected chi connectivity index (χ0v) is 16.3. The van der Waals surface area contributed by atoms with Crippen molar-refractivity contribution in [2.75, 3.05) is 18.0 Å². The molecule has 3 N–H and O–H groups in total. The number of nitrogens with zero attached hydrogens (tertiary/aromatic N) is 4. The van der Waals surface area contributed by atoms with Gasteiger partial charge in [0, 0.05) is 48.8 Å². The third-order valence-corrected chi connectivity index (χ3v) is 5.17. The van der Waals surface area contributed by atoms with E-state index in [1.165, 1.54) is 5.56 Å². The van der Waals surface area contributed by atoms with E-state index < -0.39 is 5.91 Å². The Hall–Kier alpha value is -2.54. The van der Waals surface area contributed by atoms with Gasteiger partial charge in [0.05, 0.1) is 0 Å². The SMILES string of the molecule is CCCC(N[C@@H]1CCN(c2nc(C(N)=O)nc(C)c2C)C1)c1cccnc1. The summed E-state index contributed by atoms with van der Waals surface area (Å²) in [5.74, 6) is 0.311. The van der Waals surface area contributed by atoms with E-state index >= 15 is 0 Å². The molecule has 7 heteroatoms. The van der Waals surface area contributed by atoms with E-state index in [9.17, 15) is 4.79 Å². The van der Waals surface area contributed by atoms with Crippen LogP contribution >= 0.6 is 0 Å².